The summed E-state index contributed by atoms with van der Waals surface area (Å²) in [5.74, 6) is -0.0938. The van der Waals surface area contributed by atoms with Crippen molar-refractivity contribution in [3.8, 4) is 5.75 Å². The molecule has 0 aromatic heterocycles. The number of carbonyl (C=O) groups is 1. The smallest absolute Gasteiger partial charge is 0.336 e. The van der Waals surface area contributed by atoms with Gasteiger partial charge in [-0.1, -0.05) is 12.1 Å². The first-order valence-electron chi connectivity index (χ1n) is 5.82. The fourth-order valence-electron chi connectivity index (χ4n) is 1.87. The number of fused-ring (bicyclic) bond motifs is 1. The highest BCUT2D eigenvalue weighted by atomic mass is 28.4. The Labute approximate surface area is 107 Å². The van der Waals surface area contributed by atoms with E-state index >= 15 is 0 Å². The van der Waals surface area contributed by atoms with Crippen LogP contribution in [0, 0.1) is 0 Å². The van der Waals surface area contributed by atoms with E-state index in [0.29, 0.717) is 5.56 Å². The largest absolute Gasteiger partial charge is 0.544 e. The van der Waals surface area contributed by atoms with E-state index in [0.717, 1.165) is 16.5 Å². The molecular formula is C14H16O3Si. The Hall–Kier alpha value is -1.81. The van der Waals surface area contributed by atoms with E-state index in [-0.39, 0.29) is 0 Å². The molecule has 2 aromatic rings. The van der Waals surface area contributed by atoms with Crippen LogP contribution in [0.25, 0.3) is 10.8 Å². The minimum atomic E-state index is -1.64. The Morgan fingerprint density at radius 3 is 2.50 bits per heavy atom. The second-order valence-electron chi connectivity index (χ2n) is 5.21. The van der Waals surface area contributed by atoms with Gasteiger partial charge in [-0.05, 0) is 54.7 Å². The minimum Gasteiger partial charge on any atom is -0.544 e. The Kier molecular flexibility index (Phi) is 3.13. The van der Waals surface area contributed by atoms with Crippen molar-refractivity contribution in [2.45, 2.75) is 19.6 Å². The number of carboxylic acid groups (broad SMARTS) is 1. The van der Waals surface area contributed by atoms with E-state index in [1.807, 2.05) is 24.3 Å². The molecule has 18 heavy (non-hydrogen) atoms. The van der Waals surface area contributed by atoms with Gasteiger partial charge in [-0.25, -0.2) is 4.79 Å². The van der Waals surface area contributed by atoms with E-state index in [2.05, 4.69) is 19.6 Å². The maximum atomic E-state index is 11.1. The van der Waals surface area contributed by atoms with Crippen molar-refractivity contribution in [1.82, 2.24) is 0 Å². The van der Waals surface area contributed by atoms with Crippen molar-refractivity contribution in [3.63, 3.8) is 0 Å². The fraction of sp³-hybridized carbons (Fsp3) is 0.214. The second-order valence-corrected chi connectivity index (χ2v) is 9.64. The maximum absolute atomic E-state index is 11.1. The van der Waals surface area contributed by atoms with Crippen LogP contribution in [0.3, 0.4) is 0 Å². The lowest BCUT2D eigenvalue weighted by Crippen LogP contribution is -2.29. The Morgan fingerprint density at radius 1 is 1.17 bits per heavy atom. The zero-order valence-electron chi connectivity index (χ0n) is 10.7. The molecule has 0 aliphatic heterocycles. The minimum absolute atomic E-state index is 0.326. The summed E-state index contributed by atoms with van der Waals surface area (Å²) in [5, 5.41) is 10.8. The fourth-order valence-corrected chi connectivity index (χ4v) is 2.70. The third-order valence-electron chi connectivity index (χ3n) is 2.51. The number of rotatable bonds is 3. The molecule has 3 nitrogen and oxygen atoms in total. The van der Waals surface area contributed by atoms with E-state index < -0.39 is 14.3 Å². The van der Waals surface area contributed by atoms with Gasteiger partial charge in [0.05, 0.1) is 5.56 Å². The highest BCUT2D eigenvalue weighted by Crippen LogP contribution is 2.25. The Bertz CT molecular complexity index is 600. The van der Waals surface area contributed by atoms with Crippen molar-refractivity contribution in [2.75, 3.05) is 0 Å². The molecule has 94 valence electrons. The van der Waals surface area contributed by atoms with Gasteiger partial charge in [0.2, 0.25) is 8.32 Å². The SMILES string of the molecule is C[Si](C)(C)Oc1ccc2c(C(=O)O)cccc2c1. The molecule has 4 heteroatoms. The first-order valence-corrected chi connectivity index (χ1v) is 9.23. The molecule has 0 unspecified atom stereocenters. The predicted octanol–water partition coefficient (Wildman–Crippen LogP) is 3.75. The maximum Gasteiger partial charge on any atom is 0.336 e. The molecule has 2 aromatic carbocycles. The second kappa shape index (κ2) is 4.46. The normalized spacial score (nSPS) is 11.5. The average molecular weight is 260 g/mol. The summed E-state index contributed by atoms with van der Waals surface area (Å²) in [6.07, 6.45) is 0. The van der Waals surface area contributed by atoms with Crippen molar-refractivity contribution in [2.24, 2.45) is 0 Å². The third kappa shape index (κ3) is 2.71. The molecule has 0 bridgehead atoms. The van der Waals surface area contributed by atoms with Crippen molar-refractivity contribution < 1.29 is 14.3 Å². The van der Waals surface area contributed by atoms with E-state index in [1.54, 1.807) is 12.1 Å². The molecule has 0 atom stereocenters. The van der Waals surface area contributed by atoms with E-state index in [4.69, 9.17) is 9.53 Å². The lowest BCUT2D eigenvalue weighted by atomic mass is 10.0. The third-order valence-corrected chi connectivity index (χ3v) is 3.35. The molecule has 0 saturated carbocycles. The van der Waals surface area contributed by atoms with Crippen LogP contribution < -0.4 is 4.43 Å². The van der Waals surface area contributed by atoms with Gasteiger partial charge in [0, 0.05) is 0 Å². The van der Waals surface area contributed by atoms with E-state index in [1.165, 1.54) is 0 Å². The van der Waals surface area contributed by atoms with Crippen LogP contribution in [0.5, 0.6) is 5.75 Å². The number of benzene rings is 2. The number of hydrogen-bond acceptors (Lipinski definition) is 2. The summed E-state index contributed by atoms with van der Waals surface area (Å²) in [6, 6.07) is 10.8. The summed E-state index contributed by atoms with van der Waals surface area (Å²) in [4.78, 5) is 11.1. The van der Waals surface area contributed by atoms with Crippen LogP contribution in [0.1, 0.15) is 10.4 Å². The molecule has 0 fully saturated rings. The van der Waals surface area contributed by atoms with Gasteiger partial charge in [0.1, 0.15) is 5.75 Å². The van der Waals surface area contributed by atoms with Gasteiger partial charge < -0.3 is 9.53 Å². The topological polar surface area (TPSA) is 46.5 Å². The van der Waals surface area contributed by atoms with Gasteiger partial charge >= 0.3 is 5.97 Å². The molecule has 0 heterocycles. The first kappa shape index (κ1) is 12.6. The van der Waals surface area contributed by atoms with Gasteiger partial charge in [0.25, 0.3) is 0 Å². The lowest BCUT2D eigenvalue weighted by molar-refractivity contribution is 0.0699. The van der Waals surface area contributed by atoms with Crippen LogP contribution in [-0.4, -0.2) is 19.4 Å². The molecule has 1 N–H and O–H groups in total. The van der Waals surface area contributed by atoms with E-state index in [9.17, 15) is 4.79 Å². The summed E-state index contributed by atoms with van der Waals surface area (Å²) < 4.78 is 5.90. The number of carboxylic acids is 1. The monoisotopic (exact) mass is 260 g/mol. The standard InChI is InChI=1S/C14H16O3Si/c1-18(2,3)17-11-7-8-12-10(9-11)5-4-6-13(12)14(15)16/h4-9H,1-3H3,(H,15,16). The van der Waals surface area contributed by atoms with Gasteiger partial charge in [-0.2, -0.15) is 0 Å². The van der Waals surface area contributed by atoms with Crippen LogP contribution >= 0.6 is 0 Å². The molecule has 0 saturated heterocycles. The highest BCUT2D eigenvalue weighted by molar-refractivity contribution is 6.70. The van der Waals surface area contributed by atoms with Crippen LogP contribution in [0.2, 0.25) is 19.6 Å². The van der Waals surface area contributed by atoms with Gasteiger partial charge in [0.15, 0.2) is 0 Å². The van der Waals surface area contributed by atoms with Crippen molar-refractivity contribution >= 4 is 25.1 Å². The summed E-state index contributed by atoms with van der Waals surface area (Å²) in [5.41, 5.74) is 0.326. The molecule has 0 aliphatic rings. The quantitative estimate of drug-likeness (QED) is 0.855. The van der Waals surface area contributed by atoms with Gasteiger partial charge in [-0.3, -0.25) is 0 Å². The summed E-state index contributed by atoms with van der Waals surface area (Å²) in [6.45, 7) is 6.35. The molecule has 0 radical (unpaired) electrons. The molecule has 0 amide bonds. The summed E-state index contributed by atoms with van der Waals surface area (Å²) in [7, 11) is -1.64. The van der Waals surface area contributed by atoms with Gasteiger partial charge in [-0.15, -0.1) is 0 Å². The van der Waals surface area contributed by atoms with Crippen molar-refractivity contribution in [1.29, 1.82) is 0 Å². The first-order chi connectivity index (χ1) is 8.37. The van der Waals surface area contributed by atoms with Crippen LogP contribution in [-0.2, 0) is 0 Å². The predicted molar refractivity (Wildman–Crippen MR) is 74.9 cm³/mol. The molecule has 0 spiro atoms. The average Bonchev–Trinajstić information content (AvgIpc) is 2.25. The number of aromatic carboxylic acids is 1. The van der Waals surface area contributed by atoms with Crippen LogP contribution in [0.15, 0.2) is 36.4 Å². The van der Waals surface area contributed by atoms with Crippen molar-refractivity contribution in [3.05, 3.63) is 42.0 Å². The molecular weight excluding hydrogens is 244 g/mol. The summed E-state index contributed by atoms with van der Waals surface area (Å²) >= 11 is 0. The lowest BCUT2D eigenvalue weighted by Gasteiger charge is -2.19. The zero-order valence-corrected chi connectivity index (χ0v) is 11.7. The molecule has 2 rings (SSSR count). The molecule has 0 aliphatic carbocycles. The highest BCUT2D eigenvalue weighted by Gasteiger charge is 2.16. The Balaban J connectivity index is 2.50. The zero-order chi connectivity index (χ0) is 13.3. The van der Waals surface area contributed by atoms with Crippen LogP contribution in [0.4, 0.5) is 0 Å². The Morgan fingerprint density at radius 2 is 1.89 bits per heavy atom. The number of hydrogen-bond donors (Lipinski definition) is 1.